The first-order chi connectivity index (χ1) is 6.07. The van der Waals surface area contributed by atoms with E-state index in [1.807, 2.05) is 0 Å². The standard InChI is InChI=1S/C10H23NO2/c1-8(2)10(5-7-12)11-6-4-9(3)13/h8-13H,4-7H2,1-3H3. The van der Waals surface area contributed by atoms with Crippen LogP contribution in [0.15, 0.2) is 0 Å². The van der Waals surface area contributed by atoms with E-state index in [0.29, 0.717) is 12.0 Å². The molecule has 0 saturated carbocycles. The molecule has 80 valence electrons. The molecule has 0 aromatic rings. The zero-order valence-corrected chi connectivity index (χ0v) is 8.95. The molecule has 3 heteroatoms. The maximum absolute atomic E-state index is 9.04. The fourth-order valence-corrected chi connectivity index (χ4v) is 1.29. The molecule has 0 amide bonds. The summed E-state index contributed by atoms with van der Waals surface area (Å²) in [6, 6.07) is 0.365. The zero-order valence-electron chi connectivity index (χ0n) is 8.95. The van der Waals surface area contributed by atoms with Crippen LogP contribution < -0.4 is 5.32 Å². The molecule has 0 aromatic heterocycles. The summed E-state index contributed by atoms with van der Waals surface area (Å²) >= 11 is 0. The lowest BCUT2D eigenvalue weighted by molar-refractivity contribution is 0.177. The summed E-state index contributed by atoms with van der Waals surface area (Å²) in [5.41, 5.74) is 0. The zero-order chi connectivity index (χ0) is 10.3. The SMILES string of the molecule is CC(O)CCNC(CCO)C(C)C. The van der Waals surface area contributed by atoms with Crippen LogP contribution in [0.2, 0.25) is 0 Å². The Bertz CT molecular complexity index is 115. The molecule has 0 aliphatic carbocycles. The van der Waals surface area contributed by atoms with Crippen LogP contribution in [-0.2, 0) is 0 Å². The van der Waals surface area contributed by atoms with Gasteiger partial charge in [0.1, 0.15) is 0 Å². The second-order valence-corrected chi connectivity index (χ2v) is 3.95. The Balaban J connectivity index is 3.57. The minimum Gasteiger partial charge on any atom is -0.396 e. The quantitative estimate of drug-likeness (QED) is 0.554. The molecule has 3 N–H and O–H groups in total. The Morgan fingerprint density at radius 3 is 2.15 bits per heavy atom. The smallest absolute Gasteiger partial charge is 0.0524 e. The molecule has 0 fully saturated rings. The maximum Gasteiger partial charge on any atom is 0.0524 e. The summed E-state index contributed by atoms with van der Waals surface area (Å²) in [6.07, 6.45) is 1.32. The molecule has 0 aliphatic rings. The largest absolute Gasteiger partial charge is 0.396 e. The third kappa shape index (κ3) is 6.99. The van der Waals surface area contributed by atoms with E-state index in [9.17, 15) is 0 Å². The molecule has 3 nitrogen and oxygen atoms in total. The summed E-state index contributed by atoms with van der Waals surface area (Å²) < 4.78 is 0. The highest BCUT2D eigenvalue weighted by atomic mass is 16.3. The number of nitrogens with one attached hydrogen (secondary N) is 1. The van der Waals surface area contributed by atoms with Gasteiger partial charge in [-0.15, -0.1) is 0 Å². The van der Waals surface area contributed by atoms with Crippen molar-refractivity contribution in [2.45, 2.75) is 45.8 Å². The molecule has 2 unspecified atom stereocenters. The van der Waals surface area contributed by atoms with E-state index >= 15 is 0 Å². The third-order valence-corrected chi connectivity index (χ3v) is 2.21. The van der Waals surface area contributed by atoms with E-state index in [1.54, 1.807) is 6.92 Å². The summed E-state index contributed by atoms with van der Waals surface area (Å²) in [5, 5.41) is 21.2. The molecule has 13 heavy (non-hydrogen) atoms. The monoisotopic (exact) mass is 189 g/mol. The average molecular weight is 189 g/mol. The fourth-order valence-electron chi connectivity index (χ4n) is 1.29. The topological polar surface area (TPSA) is 52.5 Å². The van der Waals surface area contributed by atoms with Crippen molar-refractivity contribution >= 4 is 0 Å². The van der Waals surface area contributed by atoms with Crippen molar-refractivity contribution in [1.29, 1.82) is 0 Å². The maximum atomic E-state index is 9.04. The molecule has 0 aliphatic heterocycles. The number of hydrogen-bond donors (Lipinski definition) is 3. The second kappa shape index (κ2) is 7.30. The van der Waals surface area contributed by atoms with E-state index in [1.165, 1.54) is 0 Å². The lowest BCUT2D eigenvalue weighted by Gasteiger charge is -2.21. The summed E-state index contributed by atoms with van der Waals surface area (Å²) in [7, 11) is 0. The molecule has 0 aromatic carbocycles. The summed E-state index contributed by atoms with van der Waals surface area (Å²) in [6.45, 7) is 7.11. The lowest BCUT2D eigenvalue weighted by Crippen LogP contribution is -2.36. The Hall–Kier alpha value is -0.120. The second-order valence-electron chi connectivity index (χ2n) is 3.95. The number of aliphatic hydroxyl groups excluding tert-OH is 2. The molecule has 2 atom stereocenters. The Labute approximate surface area is 81.2 Å². The van der Waals surface area contributed by atoms with Gasteiger partial charge in [0.25, 0.3) is 0 Å². The molecular formula is C10H23NO2. The fraction of sp³-hybridized carbons (Fsp3) is 1.00. The average Bonchev–Trinajstić information content (AvgIpc) is 2.02. The van der Waals surface area contributed by atoms with Crippen LogP contribution in [0.5, 0.6) is 0 Å². The predicted molar refractivity (Wildman–Crippen MR) is 54.6 cm³/mol. The van der Waals surface area contributed by atoms with Gasteiger partial charge in [0.15, 0.2) is 0 Å². The molecule has 0 spiro atoms. The van der Waals surface area contributed by atoms with Crippen molar-refractivity contribution in [2.24, 2.45) is 5.92 Å². The van der Waals surface area contributed by atoms with Crippen molar-refractivity contribution in [3.8, 4) is 0 Å². The molecule has 0 radical (unpaired) electrons. The number of hydrogen-bond acceptors (Lipinski definition) is 3. The Kier molecular flexibility index (Phi) is 7.23. The highest BCUT2D eigenvalue weighted by Gasteiger charge is 2.11. The first-order valence-electron chi connectivity index (χ1n) is 5.10. The third-order valence-electron chi connectivity index (χ3n) is 2.21. The van der Waals surface area contributed by atoms with Gasteiger partial charge in [-0.3, -0.25) is 0 Å². The van der Waals surface area contributed by atoms with Crippen molar-refractivity contribution in [2.75, 3.05) is 13.2 Å². The molecular weight excluding hydrogens is 166 g/mol. The Morgan fingerprint density at radius 1 is 1.15 bits per heavy atom. The summed E-state index contributed by atoms with van der Waals surface area (Å²) in [5.74, 6) is 0.529. The highest BCUT2D eigenvalue weighted by Crippen LogP contribution is 2.05. The van der Waals surface area contributed by atoms with Gasteiger partial charge < -0.3 is 15.5 Å². The van der Waals surface area contributed by atoms with Gasteiger partial charge in [-0.05, 0) is 32.2 Å². The van der Waals surface area contributed by atoms with E-state index < -0.39 is 0 Å². The van der Waals surface area contributed by atoms with Gasteiger partial charge in [0.2, 0.25) is 0 Å². The normalized spacial score (nSPS) is 16.2. The van der Waals surface area contributed by atoms with E-state index in [0.717, 1.165) is 19.4 Å². The first-order valence-corrected chi connectivity index (χ1v) is 5.10. The summed E-state index contributed by atoms with van der Waals surface area (Å²) in [4.78, 5) is 0. The molecule has 0 heterocycles. The van der Waals surface area contributed by atoms with Crippen LogP contribution in [0.25, 0.3) is 0 Å². The van der Waals surface area contributed by atoms with E-state index in [2.05, 4.69) is 19.2 Å². The van der Waals surface area contributed by atoms with Gasteiger partial charge in [0, 0.05) is 12.6 Å². The van der Waals surface area contributed by atoms with Gasteiger partial charge in [-0.25, -0.2) is 0 Å². The van der Waals surface area contributed by atoms with Crippen molar-refractivity contribution < 1.29 is 10.2 Å². The van der Waals surface area contributed by atoms with Crippen LogP contribution >= 0.6 is 0 Å². The number of aliphatic hydroxyl groups is 2. The van der Waals surface area contributed by atoms with Gasteiger partial charge >= 0.3 is 0 Å². The number of rotatable bonds is 7. The molecule has 0 rings (SSSR count). The highest BCUT2D eigenvalue weighted by molar-refractivity contribution is 4.70. The van der Waals surface area contributed by atoms with Crippen molar-refractivity contribution in [3.05, 3.63) is 0 Å². The van der Waals surface area contributed by atoms with E-state index in [4.69, 9.17) is 10.2 Å². The van der Waals surface area contributed by atoms with Crippen LogP contribution in [0.3, 0.4) is 0 Å². The van der Waals surface area contributed by atoms with Crippen LogP contribution in [0.1, 0.15) is 33.6 Å². The van der Waals surface area contributed by atoms with Gasteiger partial charge in [0.05, 0.1) is 6.10 Å². The van der Waals surface area contributed by atoms with Gasteiger partial charge in [-0.1, -0.05) is 13.8 Å². The van der Waals surface area contributed by atoms with Crippen molar-refractivity contribution in [3.63, 3.8) is 0 Å². The van der Waals surface area contributed by atoms with Crippen LogP contribution in [-0.4, -0.2) is 35.5 Å². The van der Waals surface area contributed by atoms with Crippen LogP contribution in [0, 0.1) is 5.92 Å². The van der Waals surface area contributed by atoms with E-state index in [-0.39, 0.29) is 12.7 Å². The minimum absolute atomic E-state index is 0.227. The van der Waals surface area contributed by atoms with Crippen molar-refractivity contribution in [1.82, 2.24) is 5.32 Å². The van der Waals surface area contributed by atoms with Crippen LogP contribution in [0.4, 0.5) is 0 Å². The Morgan fingerprint density at radius 2 is 1.77 bits per heavy atom. The molecule has 0 saturated heterocycles. The lowest BCUT2D eigenvalue weighted by atomic mass is 10.0. The molecule has 0 bridgehead atoms. The van der Waals surface area contributed by atoms with Gasteiger partial charge in [-0.2, -0.15) is 0 Å². The minimum atomic E-state index is -0.241. The first kappa shape index (κ1) is 12.9. The predicted octanol–water partition coefficient (Wildman–Crippen LogP) is 0.754.